The fourth-order valence-electron chi connectivity index (χ4n) is 1.69. The van der Waals surface area contributed by atoms with E-state index in [0.717, 1.165) is 19.3 Å². The van der Waals surface area contributed by atoms with Gasteiger partial charge in [-0.1, -0.05) is 6.92 Å². The molecule has 1 heterocycles. The predicted octanol–water partition coefficient (Wildman–Crippen LogP) is 0.962. The molecule has 0 saturated carbocycles. The molecule has 1 aliphatic rings. The molecule has 4 nitrogen and oxygen atoms in total. The second-order valence-electron chi connectivity index (χ2n) is 3.85. The zero-order valence-corrected chi connectivity index (χ0v) is 9.26. The standard InChI is InChI=1S/C9H16N2O2S/c1-9-3-2-6-11(7-4-9)14(12,13)8-5-10/h9H,2-4,6-8H2,1H3. The van der Waals surface area contributed by atoms with Gasteiger partial charge in [0.15, 0.2) is 5.75 Å². The minimum absolute atomic E-state index is 0.388. The molecule has 1 unspecified atom stereocenters. The van der Waals surface area contributed by atoms with Gasteiger partial charge in [-0.2, -0.15) is 5.26 Å². The summed E-state index contributed by atoms with van der Waals surface area (Å²) in [4.78, 5) is 0. The summed E-state index contributed by atoms with van der Waals surface area (Å²) in [5.41, 5.74) is 0. The normalized spacial score (nSPS) is 25.3. The highest BCUT2D eigenvalue weighted by Gasteiger charge is 2.24. The maximum Gasteiger partial charge on any atom is 0.227 e. The van der Waals surface area contributed by atoms with E-state index in [9.17, 15) is 8.42 Å². The van der Waals surface area contributed by atoms with Crippen LogP contribution in [0.15, 0.2) is 0 Å². The van der Waals surface area contributed by atoms with Crippen molar-refractivity contribution in [3.63, 3.8) is 0 Å². The van der Waals surface area contributed by atoms with E-state index in [1.165, 1.54) is 4.31 Å². The molecule has 0 aliphatic carbocycles. The highest BCUT2D eigenvalue weighted by molar-refractivity contribution is 7.89. The van der Waals surface area contributed by atoms with Crippen LogP contribution >= 0.6 is 0 Å². The van der Waals surface area contributed by atoms with Crippen LogP contribution in [0.1, 0.15) is 26.2 Å². The molecule has 80 valence electrons. The minimum atomic E-state index is -3.31. The van der Waals surface area contributed by atoms with Crippen LogP contribution in [0.2, 0.25) is 0 Å². The van der Waals surface area contributed by atoms with E-state index in [1.807, 2.05) is 0 Å². The van der Waals surface area contributed by atoms with Gasteiger partial charge in [0.2, 0.25) is 10.0 Å². The summed E-state index contributed by atoms with van der Waals surface area (Å²) < 4.78 is 24.6. The van der Waals surface area contributed by atoms with Crippen molar-refractivity contribution < 1.29 is 8.42 Å². The number of hydrogen-bond donors (Lipinski definition) is 0. The zero-order chi connectivity index (χ0) is 10.6. The lowest BCUT2D eigenvalue weighted by Gasteiger charge is -2.17. The van der Waals surface area contributed by atoms with Crippen molar-refractivity contribution in [1.82, 2.24) is 4.31 Å². The van der Waals surface area contributed by atoms with Crippen molar-refractivity contribution in [3.8, 4) is 6.07 Å². The van der Waals surface area contributed by atoms with E-state index in [1.54, 1.807) is 6.07 Å². The Hall–Kier alpha value is -0.600. The molecule has 0 N–H and O–H groups in total. The molecule has 1 aliphatic heterocycles. The molecular formula is C9H16N2O2S. The quantitative estimate of drug-likeness (QED) is 0.690. The third-order valence-electron chi connectivity index (χ3n) is 2.62. The second-order valence-corrected chi connectivity index (χ2v) is 5.82. The Labute approximate surface area is 85.6 Å². The molecule has 14 heavy (non-hydrogen) atoms. The van der Waals surface area contributed by atoms with Crippen molar-refractivity contribution in [3.05, 3.63) is 0 Å². The van der Waals surface area contributed by atoms with Crippen LogP contribution < -0.4 is 0 Å². The van der Waals surface area contributed by atoms with Crippen LogP contribution in [0.25, 0.3) is 0 Å². The van der Waals surface area contributed by atoms with E-state index < -0.39 is 10.0 Å². The first-order chi connectivity index (χ1) is 6.56. The van der Waals surface area contributed by atoms with E-state index in [2.05, 4.69) is 6.92 Å². The zero-order valence-electron chi connectivity index (χ0n) is 8.44. The molecule has 0 aromatic carbocycles. The lowest BCUT2D eigenvalue weighted by molar-refractivity contribution is 0.419. The molecule has 0 radical (unpaired) electrons. The molecule has 0 amide bonds. The summed E-state index contributed by atoms with van der Waals surface area (Å²) >= 11 is 0. The highest BCUT2D eigenvalue weighted by atomic mass is 32.2. The van der Waals surface area contributed by atoms with Gasteiger partial charge < -0.3 is 0 Å². The van der Waals surface area contributed by atoms with E-state index in [4.69, 9.17) is 5.26 Å². The van der Waals surface area contributed by atoms with Gasteiger partial charge in [-0.25, -0.2) is 12.7 Å². The van der Waals surface area contributed by atoms with E-state index in [0.29, 0.717) is 19.0 Å². The van der Waals surface area contributed by atoms with Gasteiger partial charge in [0.1, 0.15) is 0 Å². The van der Waals surface area contributed by atoms with Crippen molar-refractivity contribution in [2.24, 2.45) is 5.92 Å². The van der Waals surface area contributed by atoms with Crippen LogP contribution in [-0.2, 0) is 10.0 Å². The number of rotatable bonds is 2. The van der Waals surface area contributed by atoms with E-state index in [-0.39, 0.29) is 5.75 Å². The van der Waals surface area contributed by atoms with Gasteiger partial charge in [-0.15, -0.1) is 0 Å². The Morgan fingerprint density at radius 3 is 2.79 bits per heavy atom. The summed E-state index contributed by atoms with van der Waals surface area (Å²) in [5, 5.41) is 8.40. The van der Waals surface area contributed by atoms with Crippen molar-refractivity contribution >= 4 is 10.0 Å². The molecule has 1 saturated heterocycles. The Morgan fingerprint density at radius 1 is 1.43 bits per heavy atom. The van der Waals surface area contributed by atoms with Gasteiger partial charge in [0, 0.05) is 13.1 Å². The third kappa shape index (κ3) is 2.96. The first-order valence-electron chi connectivity index (χ1n) is 4.91. The Morgan fingerprint density at radius 2 is 2.14 bits per heavy atom. The largest absolute Gasteiger partial charge is 0.227 e. The first kappa shape index (κ1) is 11.5. The number of sulfonamides is 1. The van der Waals surface area contributed by atoms with Gasteiger partial charge in [0.25, 0.3) is 0 Å². The molecular weight excluding hydrogens is 200 g/mol. The van der Waals surface area contributed by atoms with Gasteiger partial charge in [-0.3, -0.25) is 0 Å². The van der Waals surface area contributed by atoms with Crippen LogP contribution in [-0.4, -0.2) is 31.6 Å². The summed E-state index contributed by atoms with van der Waals surface area (Å²) in [6, 6.07) is 1.71. The number of nitriles is 1. The second kappa shape index (κ2) is 4.76. The van der Waals surface area contributed by atoms with E-state index >= 15 is 0 Å². The van der Waals surface area contributed by atoms with Gasteiger partial charge in [0.05, 0.1) is 6.07 Å². The smallest absolute Gasteiger partial charge is 0.211 e. The topological polar surface area (TPSA) is 61.2 Å². The van der Waals surface area contributed by atoms with Crippen LogP contribution in [0.3, 0.4) is 0 Å². The first-order valence-corrected chi connectivity index (χ1v) is 6.52. The molecule has 1 rings (SSSR count). The monoisotopic (exact) mass is 216 g/mol. The summed E-state index contributed by atoms with van der Waals surface area (Å²) in [6.45, 7) is 3.29. The molecule has 0 spiro atoms. The van der Waals surface area contributed by atoms with Crippen molar-refractivity contribution in [1.29, 1.82) is 5.26 Å². The average Bonchev–Trinajstić information content (AvgIpc) is 2.30. The SMILES string of the molecule is CC1CCCN(S(=O)(=O)CC#N)CC1. The van der Waals surface area contributed by atoms with Crippen LogP contribution in [0.5, 0.6) is 0 Å². The molecule has 0 aromatic rings. The highest BCUT2D eigenvalue weighted by Crippen LogP contribution is 2.18. The maximum absolute atomic E-state index is 11.5. The fourth-order valence-corrected chi connectivity index (χ4v) is 2.82. The Kier molecular flexibility index (Phi) is 3.90. The maximum atomic E-state index is 11.5. The molecule has 0 bridgehead atoms. The Balaban J connectivity index is 2.65. The number of nitrogens with zero attached hydrogens (tertiary/aromatic N) is 2. The minimum Gasteiger partial charge on any atom is -0.211 e. The summed E-state index contributed by atoms with van der Waals surface area (Å²) in [6.07, 6.45) is 2.90. The lowest BCUT2D eigenvalue weighted by atomic mass is 10.0. The molecule has 0 aromatic heterocycles. The molecule has 1 fully saturated rings. The number of hydrogen-bond acceptors (Lipinski definition) is 3. The fraction of sp³-hybridized carbons (Fsp3) is 0.889. The lowest BCUT2D eigenvalue weighted by Crippen LogP contribution is -2.33. The molecule has 1 atom stereocenters. The summed E-state index contributed by atoms with van der Waals surface area (Å²) in [5.74, 6) is 0.207. The molecule has 5 heteroatoms. The third-order valence-corrected chi connectivity index (χ3v) is 4.26. The van der Waals surface area contributed by atoms with Crippen molar-refractivity contribution in [2.75, 3.05) is 18.8 Å². The van der Waals surface area contributed by atoms with Crippen LogP contribution in [0.4, 0.5) is 0 Å². The Bertz CT molecular complexity index is 318. The van der Waals surface area contributed by atoms with Crippen LogP contribution in [0, 0.1) is 17.2 Å². The average molecular weight is 216 g/mol. The predicted molar refractivity (Wildman–Crippen MR) is 54.0 cm³/mol. The van der Waals surface area contributed by atoms with Crippen molar-refractivity contribution in [2.45, 2.75) is 26.2 Å². The van der Waals surface area contributed by atoms with Gasteiger partial charge in [-0.05, 0) is 25.2 Å². The van der Waals surface area contributed by atoms with Gasteiger partial charge >= 0.3 is 0 Å². The summed E-state index contributed by atoms with van der Waals surface area (Å²) in [7, 11) is -3.31.